The molecule has 3 nitrogen and oxygen atoms in total. The molecule has 0 saturated heterocycles. The first-order valence-electron chi connectivity index (χ1n) is 6.85. The third-order valence-electron chi connectivity index (χ3n) is 3.67. The van der Waals surface area contributed by atoms with Crippen molar-refractivity contribution in [1.82, 2.24) is 0 Å². The van der Waals surface area contributed by atoms with Gasteiger partial charge in [0.05, 0.1) is 5.56 Å². The number of ether oxygens (including phenoxy) is 1. The lowest BCUT2D eigenvalue weighted by atomic mass is 9.92. The van der Waals surface area contributed by atoms with Crippen molar-refractivity contribution in [2.45, 2.75) is 25.7 Å². The summed E-state index contributed by atoms with van der Waals surface area (Å²) in [6, 6.07) is 13.4. The summed E-state index contributed by atoms with van der Waals surface area (Å²) < 4.78 is 5.84. The highest BCUT2D eigenvalue weighted by molar-refractivity contribution is 5.54. The van der Waals surface area contributed by atoms with Crippen LogP contribution in [0.4, 0.5) is 5.69 Å². The van der Waals surface area contributed by atoms with Crippen molar-refractivity contribution >= 4 is 5.69 Å². The van der Waals surface area contributed by atoms with Gasteiger partial charge in [-0.2, -0.15) is 5.26 Å². The maximum Gasteiger partial charge on any atom is 0.145 e. The van der Waals surface area contributed by atoms with Crippen molar-refractivity contribution in [3.8, 4) is 17.6 Å². The van der Waals surface area contributed by atoms with Gasteiger partial charge in [-0.25, -0.2) is 0 Å². The molecule has 0 fully saturated rings. The number of hydrogen-bond donors (Lipinski definition) is 1. The quantitative estimate of drug-likeness (QED) is 0.839. The number of fused-ring (bicyclic) bond motifs is 1. The van der Waals surface area contributed by atoms with Crippen LogP contribution in [-0.2, 0) is 12.8 Å². The fourth-order valence-electron chi connectivity index (χ4n) is 2.62. The summed E-state index contributed by atoms with van der Waals surface area (Å²) in [7, 11) is 0. The van der Waals surface area contributed by atoms with Crippen LogP contribution in [0.15, 0.2) is 36.4 Å². The van der Waals surface area contributed by atoms with Gasteiger partial charge in [0.25, 0.3) is 0 Å². The molecule has 2 aromatic rings. The molecule has 0 unspecified atom stereocenters. The van der Waals surface area contributed by atoms with Crippen molar-refractivity contribution < 1.29 is 4.74 Å². The molecule has 0 amide bonds. The van der Waals surface area contributed by atoms with E-state index in [0.717, 1.165) is 18.6 Å². The van der Waals surface area contributed by atoms with Gasteiger partial charge < -0.3 is 10.5 Å². The molecule has 20 heavy (non-hydrogen) atoms. The van der Waals surface area contributed by atoms with E-state index in [1.165, 1.54) is 24.0 Å². The Hall–Kier alpha value is -2.47. The number of nitrogen functional groups attached to an aromatic ring is 1. The summed E-state index contributed by atoms with van der Waals surface area (Å²) in [6.45, 7) is 0. The molecule has 1 aliphatic carbocycles. The molecule has 0 bridgehead atoms. The van der Waals surface area contributed by atoms with Crippen molar-refractivity contribution in [3.63, 3.8) is 0 Å². The number of nitrogens with zero attached hydrogens (tertiary/aromatic N) is 1. The molecular weight excluding hydrogens is 248 g/mol. The molecule has 0 heterocycles. The van der Waals surface area contributed by atoms with E-state index in [1.54, 1.807) is 18.2 Å². The predicted octanol–water partition coefficient (Wildman–Crippen LogP) is 3.81. The Labute approximate surface area is 118 Å². The standard InChI is InChI=1S/C17H16N2O/c18-11-14-9-15(19)6-8-17(14)20-16-7-5-12-3-1-2-4-13(12)10-16/h5-10H,1-4,19H2. The summed E-state index contributed by atoms with van der Waals surface area (Å²) in [5.74, 6) is 1.34. The minimum Gasteiger partial charge on any atom is -0.456 e. The molecular formula is C17H16N2O. The molecule has 2 N–H and O–H groups in total. The van der Waals surface area contributed by atoms with E-state index in [0.29, 0.717) is 17.0 Å². The van der Waals surface area contributed by atoms with Crippen LogP contribution in [0.5, 0.6) is 11.5 Å². The first-order valence-corrected chi connectivity index (χ1v) is 6.85. The van der Waals surface area contributed by atoms with E-state index in [4.69, 9.17) is 15.7 Å². The van der Waals surface area contributed by atoms with E-state index in [1.807, 2.05) is 6.07 Å². The highest BCUT2D eigenvalue weighted by atomic mass is 16.5. The van der Waals surface area contributed by atoms with Crippen molar-refractivity contribution in [2.24, 2.45) is 0 Å². The van der Waals surface area contributed by atoms with Crippen LogP contribution in [0.3, 0.4) is 0 Å². The van der Waals surface area contributed by atoms with Gasteiger partial charge in [0.2, 0.25) is 0 Å². The molecule has 3 rings (SSSR count). The molecule has 0 aromatic heterocycles. The minimum atomic E-state index is 0.461. The first-order chi connectivity index (χ1) is 9.76. The highest BCUT2D eigenvalue weighted by Gasteiger charge is 2.11. The SMILES string of the molecule is N#Cc1cc(N)ccc1Oc1ccc2c(c1)CCCC2. The van der Waals surface area contributed by atoms with Gasteiger partial charge in [-0.1, -0.05) is 6.07 Å². The van der Waals surface area contributed by atoms with Crippen LogP contribution in [0.2, 0.25) is 0 Å². The summed E-state index contributed by atoms with van der Waals surface area (Å²) >= 11 is 0. The largest absolute Gasteiger partial charge is 0.456 e. The van der Waals surface area contributed by atoms with E-state index in [2.05, 4.69) is 18.2 Å². The van der Waals surface area contributed by atoms with Gasteiger partial charge in [0.1, 0.15) is 17.6 Å². The summed E-state index contributed by atoms with van der Waals surface area (Å²) in [4.78, 5) is 0. The third kappa shape index (κ3) is 2.46. The fourth-order valence-corrected chi connectivity index (χ4v) is 2.62. The van der Waals surface area contributed by atoms with Gasteiger partial charge in [-0.15, -0.1) is 0 Å². The molecule has 1 aliphatic rings. The van der Waals surface area contributed by atoms with E-state index in [9.17, 15) is 0 Å². The smallest absolute Gasteiger partial charge is 0.145 e. The van der Waals surface area contributed by atoms with Crippen molar-refractivity contribution in [3.05, 3.63) is 53.1 Å². The molecule has 0 atom stereocenters. The average molecular weight is 264 g/mol. The second-order valence-electron chi connectivity index (χ2n) is 5.11. The zero-order valence-corrected chi connectivity index (χ0v) is 11.2. The lowest BCUT2D eigenvalue weighted by Crippen LogP contribution is -2.02. The number of benzene rings is 2. The minimum absolute atomic E-state index is 0.461. The molecule has 100 valence electrons. The predicted molar refractivity (Wildman–Crippen MR) is 78.7 cm³/mol. The average Bonchev–Trinajstić information content (AvgIpc) is 2.49. The van der Waals surface area contributed by atoms with Gasteiger partial charge in [-0.05, 0) is 67.1 Å². The first kappa shape index (κ1) is 12.6. The second kappa shape index (κ2) is 5.26. The summed E-state index contributed by atoms with van der Waals surface area (Å²) in [5.41, 5.74) is 9.49. The Balaban J connectivity index is 1.90. The fraction of sp³-hybridized carbons (Fsp3) is 0.235. The highest BCUT2D eigenvalue weighted by Crippen LogP contribution is 2.30. The van der Waals surface area contributed by atoms with Crippen molar-refractivity contribution in [2.75, 3.05) is 5.73 Å². The number of anilines is 1. The molecule has 3 heteroatoms. The van der Waals surface area contributed by atoms with Crippen LogP contribution in [0.25, 0.3) is 0 Å². The lowest BCUT2D eigenvalue weighted by Gasteiger charge is -2.17. The normalized spacial score (nSPS) is 13.3. The van der Waals surface area contributed by atoms with Gasteiger partial charge >= 0.3 is 0 Å². The molecule has 0 saturated carbocycles. The Morgan fingerprint density at radius 3 is 2.60 bits per heavy atom. The van der Waals surface area contributed by atoms with Gasteiger partial charge in [0.15, 0.2) is 0 Å². The van der Waals surface area contributed by atoms with Crippen LogP contribution < -0.4 is 10.5 Å². The maximum atomic E-state index is 9.13. The maximum absolute atomic E-state index is 9.13. The molecule has 0 spiro atoms. The third-order valence-corrected chi connectivity index (χ3v) is 3.67. The monoisotopic (exact) mass is 264 g/mol. The van der Waals surface area contributed by atoms with Crippen LogP contribution >= 0.6 is 0 Å². The summed E-state index contributed by atoms with van der Waals surface area (Å²) in [5, 5.41) is 9.13. The van der Waals surface area contributed by atoms with E-state index < -0.39 is 0 Å². The number of rotatable bonds is 2. The Morgan fingerprint density at radius 1 is 1.00 bits per heavy atom. The molecule has 0 radical (unpaired) electrons. The number of nitrogens with two attached hydrogens (primary N) is 1. The van der Waals surface area contributed by atoms with E-state index in [-0.39, 0.29) is 0 Å². The Kier molecular flexibility index (Phi) is 3.30. The zero-order valence-electron chi connectivity index (χ0n) is 11.2. The lowest BCUT2D eigenvalue weighted by molar-refractivity contribution is 0.479. The number of nitriles is 1. The van der Waals surface area contributed by atoms with Gasteiger partial charge in [-0.3, -0.25) is 0 Å². The second-order valence-corrected chi connectivity index (χ2v) is 5.11. The van der Waals surface area contributed by atoms with Crippen LogP contribution in [0.1, 0.15) is 29.5 Å². The number of hydrogen-bond acceptors (Lipinski definition) is 3. The molecule has 2 aromatic carbocycles. The van der Waals surface area contributed by atoms with Crippen LogP contribution in [0, 0.1) is 11.3 Å². The Morgan fingerprint density at radius 2 is 1.80 bits per heavy atom. The van der Waals surface area contributed by atoms with Crippen LogP contribution in [-0.4, -0.2) is 0 Å². The number of aryl methyl sites for hydroxylation is 2. The zero-order chi connectivity index (χ0) is 13.9. The van der Waals surface area contributed by atoms with E-state index >= 15 is 0 Å². The Bertz CT molecular complexity index is 686. The van der Waals surface area contributed by atoms with Crippen molar-refractivity contribution in [1.29, 1.82) is 5.26 Å². The van der Waals surface area contributed by atoms with Gasteiger partial charge in [0, 0.05) is 5.69 Å². The topological polar surface area (TPSA) is 59.0 Å². The molecule has 0 aliphatic heterocycles. The summed E-state index contributed by atoms with van der Waals surface area (Å²) in [6.07, 6.45) is 4.77.